The third-order valence-corrected chi connectivity index (χ3v) is 2.76. The van der Waals surface area contributed by atoms with Gasteiger partial charge in [0.05, 0.1) is 7.85 Å². The van der Waals surface area contributed by atoms with E-state index in [1.165, 1.54) is 25.9 Å². The maximum Gasteiger partial charge on any atom is 1.00 e. The number of piperidine rings is 1. The topological polar surface area (TPSA) is 39.1 Å². The summed E-state index contributed by atoms with van der Waals surface area (Å²) in [5.41, 5.74) is 0. The van der Waals surface area contributed by atoms with Crippen molar-refractivity contribution >= 4 is 7.85 Å². The van der Waals surface area contributed by atoms with E-state index in [-0.39, 0.29) is 37.4 Å². The number of hydrogen-bond donors (Lipinski definition) is 1. The molecule has 1 aliphatic heterocycles. The van der Waals surface area contributed by atoms with E-state index >= 15 is 0 Å². The van der Waals surface area contributed by atoms with Crippen molar-refractivity contribution in [3.63, 3.8) is 0 Å². The molecule has 1 rings (SSSR count). The Labute approximate surface area is 117 Å². The molecule has 0 aromatic rings. The van der Waals surface area contributed by atoms with Crippen LogP contribution in [0.15, 0.2) is 0 Å². The molecule has 1 saturated heterocycles. The first-order valence-corrected chi connectivity index (χ1v) is 4.85. The predicted octanol–water partition coefficient (Wildman–Crippen LogP) is -3.23. The third-order valence-electron chi connectivity index (χ3n) is 2.76. The van der Waals surface area contributed by atoms with E-state index in [0.29, 0.717) is 0 Å². The van der Waals surface area contributed by atoms with Crippen molar-refractivity contribution in [3.8, 4) is 5.97 Å². The van der Waals surface area contributed by atoms with Crippen LogP contribution in [0.25, 0.3) is 0 Å². The van der Waals surface area contributed by atoms with Crippen LogP contribution in [0.4, 0.5) is 0 Å². The van der Waals surface area contributed by atoms with Gasteiger partial charge in [-0.2, -0.15) is 5.97 Å². The normalized spacial score (nSPS) is 24.5. The molecule has 3 nitrogen and oxygen atoms in total. The molecule has 0 aromatic heterocycles. The minimum atomic E-state index is 0. The van der Waals surface area contributed by atoms with Crippen LogP contribution in [0.5, 0.6) is 0 Å². The Balaban J connectivity index is 0. The molecule has 5 heteroatoms. The predicted molar refractivity (Wildman–Crippen MR) is 64.3 cm³/mol. The zero-order valence-electron chi connectivity index (χ0n) is 9.88. The van der Waals surface area contributed by atoms with Crippen LogP contribution < -0.4 is 34.9 Å². The fourth-order valence-corrected chi connectivity index (χ4v) is 2.01. The van der Waals surface area contributed by atoms with E-state index < -0.39 is 0 Å². The molecular formula is C10H23BN3Na. The van der Waals surface area contributed by atoms with Gasteiger partial charge >= 0.3 is 29.6 Å². The summed E-state index contributed by atoms with van der Waals surface area (Å²) in [7, 11) is 4.46. The van der Waals surface area contributed by atoms with E-state index in [2.05, 4.69) is 31.2 Å². The van der Waals surface area contributed by atoms with Crippen molar-refractivity contribution in [1.29, 1.82) is 5.26 Å². The minimum absolute atomic E-state index is 0. The van der Waals surface area contributed by atoms with Gasteiger partial charge in [-0.05, 0) is 39.5 Å². The largest absolute Gasteiger partial charge is 1.00 e. The molecule has 1 aliphatic rings. The van der Waals surface area contributed by atoms with E-state index in [4.69, 9.17) is 5.26 Å². The fraction of sp³-hybridized carbons (Fsp3) is 0.900. The van der Waals surface area contributed by atoms with Crippen molar-refractivity contribution in [2.75, 3.05) is 27.2 Å². The average Bonchev–Trinajstić information content (AvgIpc) is 2.19. The van der Waals surface area contributed by atoms with Gasteiger partial charge in [0.1, 0.15) is 0 Å². The van der Waals surface area contributed by atoms with Gasteiger partial charge in [-0.25, -0.2) is 0 Å². The summed E-state index contributed by atoms with van der Waals surface area (Å²) in [6, 6.07) is 0.807. The maximum absolute atomic E-state index is 7.43. The second kappa shape index (κ2) is 11.0. The Hall–Kier alpha value is 0.475. The molecule has 2 unspecified atom stereocenters. The molecule has 0 aromatic carbocycles. The summed E-state index contributed by atoms with van der Waals surface area (Å²) in [5, 5.41) is 10.9. The zero-order valence-corrected chi connectivity index (χ0v) is 11.9. The van der Waals surface area contributed by atoms with Crippen molar-refractivity contribution in [2.45, 2.75) is 25.8 Å². The number of nitrogens with one attached hydrogen (secondary N) is 1. The van der Waals surface area contributed by atoms with Crippen LogP contribution in [0, 0.1) is 17.1 Å². The van der Waals surface area contributed by atoms with E-state index in [0.717, 1.165) is 12.0 Å². The van der Waals surface area contributed by atoms with Crippen LogP contribution >= 0.6 is 0 Å². The Morgan fingerprint density at radius 3 is 2.40 bits per heavy atom. The van der Waals surface area contributed by atoms with Crippen molar-refractivity contribution < 1.29 is 29.6 Å². The number of nitriles is 1. The van der Waals surface area contributed by atoms with Gasteiger partial charge in [0, 0.05) is 6.04 Å². The molecule has 0 bridgehead atoms. The quantitative estimate of drug-likeness (QED) is 0.496. The van der Waals surface area contributed by atoms with E-state index in [9.17, 15) is 0 Å². The van der Waals surface area contributed by atoms with E-state index in [1.807, 2.05) is 5.97 Å². The van der Waals surface area contributed by atoms with E-state index in [1.54, 1.807) is 0 Å². The van der Waals surface area contributed by atoms with Gasteiger partial charge in [0.25, 0.3) is 0 Å². The molecule has 1 N–H and O–H groups in total. The first kappa shape index (κ1) is 17.9. The molecule has 0 spiro atoms. The minimum Gasteiger partial charge on any atom is -0.316 e. The molecule has 0 aliphatic carbocycles. The van der Waals surface area contributed by atoms with Gasteiger partial charge in [-0.1, -0.05) is 13.3 Å². The molecular weight excluding hydrogens is 196 g/mol. The van der Waals surface area contributed by atoms with Crippen LogP contribution in [-0.2, 0) is 0 Å². The summed E-state index contributed by atoms with van der Waals surface area (Å²) in [5.74, 6) is 2.86. The maximum atomic E-state index is 7.43. The van der Waals surface area contributed by atoms with Crippen molar-refractivity contribution in [2.24, 2.45) is 5.92 Å². The Kier molecular flexibility index (Phi) is 13.1. The number of hydrogen-bond acceptors (Lipinski definition) is 3. The molecule has 1 heterocycles. The standard InChI is InChI=1S/C9H20N2.CH3BN.Na/c1-4-8-7-10-6-5-9(8)11(2)3;2-1-3;/h8-10H,4-7H2,1-3H3;2H3;/q;-1;+1. The van der Waals surface area contributed by atoms with Gasteiger partial charge in [-0.15, -0.1) is 0 Å². The summed E-state index contributed by atoms with van der Waals surface area (Å²) >= 11 is 0. The monoisotopic (exact) mass is 219 g/mol. The van der Waals surface area contributed by atoms with Crippen LogP contribution in [0.2, 0.25) is 0 Å². The van der Waals surface area contributed by atoms with Gasteiger partial charge < -0.3 is 10.2 Å². The van der Waals surface area contributed by atoms with Gasteiger partial charge in [0.15, 0.2) is 0 Å². The summed E-state index contributed by atoms with van der Waals surface area (Å²) in [4.78, 5) is 2.37. The molecule has 0 amide bonds. The molecule has 0 saturated carbocycles. The average molecular weight is 219 g/mol. The Morgan fingerprint density at radius 2 is 2.07 bits per heavy atom. The Bertz CT molecular complexity index is 182. The third kappa shape index (κ3) is 7.38. The number of nitrogens with zero attached hydrogens (tertiary/aromatic N) is 2. The first-order valence-electron chi connectivity index (χ1n) is 4.85. The Morgan fingerprint density at radius 1 is 1.53 bits per heavy atom. The zero-order chi connectivity index (χ0) is 11.0. The van der Waals surface area contributed by atoms with Crippen molar-refractivity contribution in [3.05, 3.63) is 0 Å². The summed E-state index contributed by atoms with van der Waals surface area (Å²) in [6.07, 6.45) is 2.61. The van der Waals surface area contributed by atoms with Crippen LogP contribution in [0.3, 0.4) is 0 Å². The van der Waals surface area contributed by atoms with Gasteiger partial charge in [-0.3, -0.25) is 5.26 Å². The smallest absolute Gasteiger partial charge is 0.316 e. The molecule has 0 radical (unpaired) electrons. The molecule has 1 fully saturated rings. The van der Waals surface area contributed by atoms with Crippen LogP contribution in [-0.4, -0.2) is 46.0 Å². The molecule has 2 atom stereocenters. The SMILES string of the molecule is CCC1CNCCC1N(C)C.[BH3-]C#N.[Na+]. The second-order valence-corrected chi connectivity index (χ2v) is 3.69. The van der Waals surface area contributed by atoms with Crippen LogP contribution in [0.1, 0.15) is 19.8 Å². The number of rotatable bonds is 2. The molecule has 82 valence electrons. The second-order valence-electron chi connectivity index (χ2n) is 3.69. The fourth-order valence-electron chi connectivity index (χ4n) is 2.01. The van der Waals surface area contributed by atoms with Gasteiger partial charge in [0.2, 0.25) is 0 Å². The van der Waals surface area contributed by atoms with Crippen molar-refractivity contribution in [1.82, 2.24) is 10.2 Å². The summed E-state index contributed by atoms with van der Waals surface area (Å²) < 4.78 is 0. The first-order chi connectivity index (χ1) is 6.67. The summed E-state index contributed by atoms with van der Waals surface area (Å²) in [6.45, 7) is 4.69. The molecule has 15 heavy (non-hydrogen) atoms.